The van der Waals surface area contributed by atoms with Crippen molar-refractivity contribution in [1.82, 2.24) is 4.90 Å². The van der Waals surface area contributed by atoms with Gasteiger partial charge in [0.2, 0.25) is 5.91 Å². The number of ether oxygens (including phenoxy) is 3. The van der Waals surface area contributed by atoms with Gasteiger partial charge < -0.3 is 24.0 Å². The van der Waals surface area contributed by atoms with Gasteiger partial charge >= 0.3 is 0 Å². The van der Waals surface area contributed by atoms with E-state index < -0.39 is 0 Å². The molecule has 1 aliphatic rings. The third-order valence-electron chi connectivity index (χ3n) is 7.78. The molecular formula is C36H45N5O4. The normalized spacial score (nSPS) is 13.4. The molecule has 3 aromatic rings. The minimum Gasteiger partial charge on any atom is -0.496 e. The second-order valence-corrected chi connectivity index (χ2v) is 10.6. The van der Waals surface area contributed by atoms with Crippen molar-refractivity contribution in [2.45, 2.75) is 47.5 Å². The van der Waals surface area contributed by atoms with E-state index in [0.717, 1.165) is 46.7 Å². The Morgan fingerprint density at radius 1 is 0.844 bits per heavy atom. The van der Waals surface area contributed by atoms with Gasteiger partial charge in [-0.05, 0) is 82.1 Å². The quantitative estimate of drug-likeness (QED) is 0.175. The zero-order valence-electron chi connectivity index (χ0n) is 27.6. The Morgan fingerprint density at radius 2 is 1.60 bits per heavy atom. The fourth-order valence-electron chi connectivity index (χ4n) is 5.14. The predicted octanol–water partition coefficient (Wildman–Crippen LogP) is 6.87. The molecule has 4 rings (SSSR count). The highest BCUT2D eigenvalue weighted by Crippen LogP contribution is 2.31. The molecule has 0 fully saturated rings. The van der Waals surface area contributed by atoms with Gasteiger partial charge in [0.25, 0.3) is 0 Å². The summed E-state index contributed by atoms with van der Waals surface area (Å²) in [5.41, 5.74) is 4.81. The van der Waals surface area contributed by atoms with E-state index in [4.69, 9.17) is 29.2 Å². The number of carbonyl (C=O) groups excluding carboxylic acids is 1. The summed E-state index contributed by atoms with van der Waals surface area (Å²) in [6.45, 7) is 13.3. The van der Waals surface area contributed by atoms with Crippen LogP contribution in [-0.2, 0) is 4.79 Å². The average molecular weight is 612 g/mol. The second-order valence-electron chi connectivity index (χ2n) is 10.6. The van der Waals surface area contributed by atoms with Crippen LogP contribution < -0.4 is 19.1 Å². The molecule has 0 saturated heterocycles. The molecule has 0 aliphatic carbocycles. The average Bonchev–Trinajstić information content (AvgIpc) is 3.48. The van der Waals surface area contributed by atoms with Crippen molar-refractivity contribution in [3.63, 3.8) is 0 Å². The lowest BCUT2D eigenvalue weighted by molar-refractivity contribution is -0.129. The molecule has 238 valence electrons. The molecule has 1 aliphatic heterocycles. The summed E-state index contributed by atoms with van der Waals surface area (Å²) in [5.74, 6) is 3.12. The van der Waals surface area contributed by atoms with E-state index in [0.29, 0.717) is 61.7 Å². The molecule has 9 heteroatoms. The summed E-state index contributed by atoms with van der Waals surface area (Å²) in [6.07, 6.45) is 2.03. The van der Waals surface area contributed by atoms with Crippen molar-refractivity contribution in [1.29, 1.82) is 0 Å². The molecule has 3 aromatic carbocycles. The molecule has 0 N–H and O–H groups in total. The van der Waals surface area contributed by atoms with E-state index >= 15 is 0 Å². The molecule has 0 bridgehead atoms. The number of para-hydroxylation sites is 1. The number of hydrogen-bond donors (Lipinski definition) is 0. The summed E-state index contributed by atoms with van der Waals surface area (Å²) in [6, 6.07) is 19.5. The van der Waals surface area contributed by atoms with Crippen LogP contribution >= 0.6 is 0 Å². The van der Waals surface area contributed by atoms with Crippen LogP contribution in [-0.4, -0.2) is 75.2 Å². The van der Waals surface area contributed by atoms with E-state index in [-0.39, 0.29) is 5.91 Å². The zero-order chi connectivity index (χ0) is 32.3. The lowest BCUT2D eigenvalue weighted by Crippen LogP contribution is -2.40. The number of hydrogen-bond acceptors (Lipinski definition) is 7. The monoisotopic (exact) mass is 611 g/mol. The third-order valence-corrected chi connectivity index (χ3v) is 7.78. The fraction of sp³-hybridized carbons (Fsp3) is 0.389. The van der Waals surface area contributed by atoms with Crippen molar-refractivity contribution < 1.29 is 19.0 Å². The maximum Gasteiger partial charge on any atom is 0.242 e. The van der Waals surface area contributed by atoms with Gasteiger partial charge in [0.1, 0.15) is 23.0 Å². The van der Waals surface area contributed by atoms with Gasteiger partial charge in [-0.25, -0.2) is 15.0 Å². The Balaban J connectivity index is 1.74. The van der Waals surface area contributed by atoms with Crippen LogP contribution in [0.1, 0.15) is 57.2 Å². The minimum absolute atomic E-state index is 0.115. The molecular weight excluding hydrogens is 566 g/mol. The van der Waals surface area contributed by atoms with Crippen LogP contribution in [0.4, 0.5) is 11.4 Å². The molecule has 0 aromatic heterocycles. The number of amides is 1. The number of nitrogens with zero attached hydrogens (tertiary/aromatic N) is 5. The molecule has 0 atom stereocenters. The van der Waals surface area contributed by atoms with Crippen LogP contribution in [0.15, 0.2) is 75.6 Å². The summed E-state index contributed by atoms with van der Waals surface area (Å²) >= 11 is 0. The zero-order valence-corrected chi connectivity index (χ0v) is 27.6. The topological polar surface area (TPSA) is 88.3 Å². The first-order chi connectivity index (χ1) is 21.9. The number of methoxy groups -OCH3 is 2. The van der Waals surface area contributed by atoms with Gasteiger partial charge in [0, 0.05) is 37.0 Å². The fourth-order valence-corrected chi connectivity index (χ4v) is 5.14. The first-order valence-electron chi connectivity index (χ1n) is 15.7. The van der Waals surface area contributed by atoms with Gasteiger partial charge in [-0.2, -0.15) is 0 Å². The van der Waals surface area contributed by atoms with E-state index in [9.17, 15) is 4.79 Å². The highest BCUT2D eigenvalue weighted by molar-refractivity contribution is 6.54. The first kappa shape index (κ1) is 33.2. The Morgan fingerprint density at radius 3 is 2.27 bits per heavy atom. The van der Waals surface area contributed by atoms with Gasteiger partial charge in [0.05, 0.1) is 38.6 Å². The summed E-state index contributed by atoms with van der Waals surface area (Å²) < 4.78 is 17.4. The van der Waals surface area contributed by atoms with Crippen molar-refractivity contribution in [2.24, 2.45) is 15.0 Å². The van der Waals surface area contributed by atoms with Crippen molar-refractivity contribution >= 4 is 34.7 Å². The maximum atomic E-state index is 12.8. The van der Waals surface area contributed by atoms with Gasteiger partial charge in [-0.3, -0.25) is 4.79 Å². The van der Waals surface area contributed by atoms with E-state index in [1.165, 1.54) is 0 Å². The minimum atomic E-state index is 0.115. The standard InChI is InChI=1S/C36H45N5O4/c1-8-12-21-45-27-18-19-28(32(23-27)44-7)34-36(39-35(38-34)29-15-13-14-16-31(29)43-6)37-30-20-17-26(22-25(30)5)41(11-4)24-33(42)40(9-2)10-3/h13-20,22-23H,8-12,21,24H2,1-7H3/b37-36-. The predicted molar refractivity (Wildman–Crippen MR) is 184 cm³/mol. The van der Waals surface area contributed by atoms with Crippen LogP contribution in [0.25, 0.3) is 0 Å². The van der Waals surface area contributed by atoms with E-state index in [1.54, 1.807) is 14.2 Å². The number of unbranched alkanes of at least 4 members (excludes halogenated alkanes) is 1. The first-order valence-corrected chi connectivity index (χ1v) is 15.7. The largest absolute Gasteiger partial charge is 0.496 e. The van der Waals surface area contributed by atoms with Gasteiger partial charge in [0.15, 0.2) is 11.7 Å². The molecule has 0 radical (unpaired) electrons. The molecule has 9 nitrogen and oxygen atoms in total. The second kappa shape index (κ2) is 15.9. The Hall–Kier alpha value is -4.66. The molecule has 0 spiro atoms. The van der Waals surface area contributed by atoms with Crippen LogP contribution in [0.5, 0.6) is 17.2 Å². The Bertz CT molecular complexity index is 1580. The molecule has 45 heavy (non-hydrogen) atoms. The molecule has 0 unspecified atom stereocenters. The highest BCUT2D eigenvalue weighted by atomic mass is 16.5. The van der Waals surface area contributed by atoms with Crippen LogP contribution in [0.2, 0.25) is 0 Å². The number of benzene rings is 3. The SMILES string of the molecule is CCCCOc1ccc(C2=NC(c3ccccc3OC)=N/C2=N\c2ccc(N(CC)CC(=O)N(CC)CC)cc2C)c(OC)c1. The number of amidine groups is 2. The van der Waals surface area contributed by atoms with Crippen molar-refractivity contribution in [3.05, 3.63) is 77.4 Å². The molecule has 1 amide bonds. The van der Waals surface area contributed by atoms with E-state index in [2.05, 4.69) is 24.8 Å². The van der Waals surface area contributed by atoms with Crippen molar-refractivity contribution in [3.8, 4) is 17.2 Å². The van der Waals surface area contributed by atoms with Crippen LogP contribution in [0.3, 0.4) is 0 Å². The summed E-state index contributed by atoms with van der Waals surface area (Å²) in [7, 11) is 3.27. The lowest BCUT2D eigenvalue weighted by Gasteiger charge is -2.27. The smallest absolute Gasteiger partial charge is 0.242 e. The summed E-state index contributed by atoms with van der Waals surface area (Å²) in [5, 5.41) is 0. The lowest BCUT2D eigenvalue weighted by atomic mass is 10.1. The number of rotatable bonds is 15. The van der Waals surface area contributed by atoms with Crippen molar-refractivity contribution in [2.75, 3.05) is 51.9 Å². The molecule has 0 saturated carbocycles. The van der Waals surface area contributed by atoms with Crippen LogP contribution in [0, 0.1) is 6.92 Å². The highest BCUT2D eigenvalue weighted by Gasteiger charge is 2.26. The Kier molecular flexibility index (Phi) is 11.7. The number of anilines is 1. The number of aryl methyl sites for hydroxylation is 1. The van der Waals surface area contributed by atoms with Gasteiger partial charge in [-0.1, -0.05) is 25.5 Å². The Labute approximate surface area is 267 Å². The van der Waals surface area contributed by atoms with E-state index in [1.807, 2.05) is 80.3 Å². The number of carbonyl (C=O) groups is 1. The third kappa shape index (κ3) is 7.90. The maximum absolute atomic E-state index is 12.8. The summed E-state index contributed by atoms with van der Waals surface area (Å²) in [4.78, 5) is 31.7. The van der Waals surface area contributed by atoms with Gasteiger partial charge in [-0.15, -0.1) is 0 Å². The molecule has 1 heterocycles. The number of likely N-dealkylation sites (N-methyl/N-ethyl adjacent to an activating group) is 2. The number of aliphatic imine (C=N–C) groups is 3.